The Kier molecular flexibility index (Phi) is 4.76. The standard InChI is InChI=1S/C7H13F3N2O/c1-2-3-4-5(11)12-6(13)7(8,9)10/h5H,2-4,11H2,1H3,(H,12,13). The van der Waals surface area contributed by atoms with Crippen molar-refractivity contribution >= 4 is 5.91 Å². The fraction of sp³-hybridized carbons (Fsp3) is 0.857. The number of carbonyl (C=O) groups excluding carboxylic acids is 1. The van der Waals surface area contributed by atoms with E-state index in [0.29, 0.717) is 12.8 Å². The summed E-state index contributed by atoms with van der Waals surface area (Å²) in [5.74, 6) is -1.98. The summed E-state index contributed by atoms with van der Waals surface area (Å²) in [6.07, 6.45) is -3.87. The van der Waals surface area contributed by atoms with Gasteiger partial charge in [-0.25, -0.2) is 0 Å². The molecule has 0 aromatic carbocycles. The predicted molar refractivity (Wildman–Crippen MR) is 41.7 cm³/mol. The smallest absolute Gasteiger partial charge is 0.333 e. The summed E-state index contributed by atoms with van der Waals surface area (Å²) >= 11 is 0. The van der Waals surface area contributed by atoms with Crippen molar-refractivity contribution < 1.29 is 18.0 Å². The maximum Gasteiger partial charge on any atom is 0.471 e. The summed E-state index contributed by atoms with van der Waals surface area (Å²) in [5.41, 5.74) is 5.23. The molecule has 0 aliphatic heterocycles. The summed E-state index contributed by atoms with van der Waals surface area (Å²) < 4.78 is 35.0. The Balaban J connectivity index is 3.79. The minimum absolute atomic E-state index is 0.359. The minimum atomic E-state index is -4.84. The Morgan fingerprint density at radius 1 is 1.54 bits per heavy atom. The number of nitrogens with two attached hydrogens (primary N) is 1. The number of amides is 1. The molecule has 0 aromatic rings. The molecule has 0 spiro atoms. The van der Waals surface area contributed by atoms with Crippen LogP contribution in [-0.2, 0) is 4.79 Å². The van der Waals surface area contributed by atoms with Crippen molar-refractivity contribution in [2.75, 3.05) is 0 Å². The van der Waals surface area contributed by atoms with Gasteiger partial charge in [0.05, 0.1) is 6.17 Å². The monoisotopic (exact) mass is 198 g/mol. The number of carbonyl (C=O) groups is 1. The van der Waals surface area contributed by atoms with Crippen molar-refractivity contribution in [3.63, 3.8) is 0 Å². The van der Waals surface area contributed by atoms with E-state index in [9.17, 15) is 18.0 Å². The van der Waals surface area contributed by atoms with Crippen LogP contribution in [0.25, 0.3) is 0 Å². The highest BCUT2D eigenvalue weighted by Crippen LogP contribution is 2.14. The van der Waals surface area contributed by atoms with E-state index in [0.717, 1.165) is 6.42 Å². The number of hydrogen-bond acceptors (Lipinski definition) is 2. The summed E-state index contributed by atoms with van der Waals surface area (Å²) in [7, 11) is 0. The molecule has 13 heavy (non-hydrogen) atoms. The molecule has 1 atom stereocenters. The second-order valence-electron chi connectivity index (χ2n) is 2.72. The van der Waals surface area contributed by atoms with Crippen molar-refractivity contribution in [2.45, 2.75) is 38.5 Å². The molecule has 0 saturated heterocycles. The molecular weight excluding hydrogens is 185 g/mol. The van der Waals surface area contributed by atoms with Crippen LogP contribution in [0.15, 0.2) is 0 Å². The van der Waals surface area contributed by atoms with Gasteiger partial charge in [-0.2, -0.15) is 13.2 Å². The summed E-state index contributed by atoms with van der Waals surface area (Å²) in [4.78, 5) is 10.3. The second-order valence-corrected chi connectivity index (χ2v) is 2.72. The van der Waals surface area contributed by atoms with Gasteiger partial charge in [0.1, 0.15) is 0 Å². The fourth-order valence-corrected chi connectivity index (χ4v) is 0.746. The molecule has 1 amide bonds. The molecule has 3 N–H and O–H groups in total. The molecule has 0 aliphatic rings. The lowest BCUT2D eigenvalue weighted by Gasteiger charge is -2.14. The number of nitrogens with one attached hydrogen (secondary N) is 1. The zero-order valence-corrected chi connectivity index (χ0v) is 7.32. The van der Waals surface area contributed by atoms with Gasteiger partial charge in [-0.05, 0) is 6.42 Å². The van der Waals surface area contributed by atoms with Crippen LogP contribution >= 0.6 is 0 Å². The van der Waals surface area contributed by atoms with Crippen LogP contribution in [0.3, 0.4) is 0 Å². The maximum atomic E-state index is 11.7. The zero-order chi connectivity index (χ0) is 10.5. The Bertz CT molecular complexity index is 170. The predicted octanol–water partition coefficient (Wildman–Crippen LogP) is 1.14. The third-order valence-electron chi connectivity index (χ3n) is 1.44. The lowest BCUT2D eigenvalue weighted by atomic mass is 10.2. The molecule has 1 unspecified atom stereocenters. The van der Waals surface area contributed by atoms with Crippen molar-refractivity contribution in [1.82, 2.24) is 5.32 Å². The number of rotatable bonds is 4. The molecular formula is C7H13F3N2O. The molecule has 0 radical (unpaired) electrons. The normalized spacial score (nSPS) is 13.9. The van der Waals surface area contributed by atoms with Gasteiger partial charge in [0.2, 0.25) is 0 Å². The fourth-order valence-electron chi connectivity index (χ4n) is 0.746. The van der Waals surface area contributed by atoms with E-state index in [1.807, 2.05) is 6.92 Å². The first-order valence-corrected chi connectivity index (χ1v) is 4.01. The highest BCUT2D eigenvalue weighted by Gasteiger charge is 2.39. The lowest BCUT2D eigenvalue weighted by molar-refractivity contribution is -0.174. The summed E-state index contributed by atoms with van der Waals surface area (Å²) in [5, 5.41) is 1.67. The Labute approximate surface area is 74.5 Å². The Morgan fingerprint density at radius 3 is 2.46 bits per heavy atom. The minimum Gasteiger partial charge on any atom is -0.333 e. The van der Waals surface area contributed by atoms with Crippen LogP contribution in [0.2, 0.25) is 0 Å². The van der Waals surface area contributed by atoms with Gasteiger partial charge in [0.15, 0.2) is 0 Å². The zero-order valence-electron chi connectivity index (χ0n) is 7.32. The van der Waals surface area contributed by atoms with Gasteiger partial charge in [0.25, 0.3) is 0 Å². The van der Waals surface area contributed by atoms with Gasteiger partial charge in [-0.3, -0.25) is 4.79 Å². The summed E-state index contributed by atoms with van der Waals surface area (Å²) in [6.45, 7) is 1.89. The van der Waals surface area contributed by atoms with Crippen LogP contribution in [0.5, 0.6) is 0 Å². The highest BCUT2D eigenvalue weighted by atomic mass is 19.4. The second kappa shape index (κ2) is 5.06. The van der Waals surface area contributed by atoms with E-state index < -0.39 is 18.2 Å². The SMILES string of the molecule is CCCCC(N)NC(=O)C(F)(F)F. The van der Waals surface area contributed by atoms with Crippen LogP contribution in [0.1, 0.15) is 26.2 Å². The first-order chi connectivity index (χ1) is 5.88. The topological polar surface area (TPSA) is 55.1 Å². The van der Waals surface area contributed by atoms with E-state index in [1.165, 1.54) is 0 Å². The average molecular weight is 198 g/mol. The first kappa shape index (κ1) is 12.2. The van der Waals surface area contributed by atoms with E-state index in [4.69, 9.17) is 5.73 Å². The molecule has 78 valence electrons. The maximum absolute atomic E-state index is 11.7. The Morgan fingerprint density at radius 2 is 2.08 bits per heavy atom. The number of unbranched alkanes of at least 4 members (excludes halogenated alkanes) is 1. The largest absolute Gasteiger partial charge is 0.471 e. The van der Waals surface area contributed by atoms with Gasteiger partial charge in [-0.1, -0.05) is 19.8 Å². The van der Waals surface area contributed by atoms with Gasteiger partial charge in [-0.15, -0.1) is 0 Å². The van der Waals surface area contributed by atoms with Crippen molar-refractivity contribution in [1.29, 1.82) is 0 Å². The van der Waals surface area contributed by atoms with Crippen molar-refractivity contribution in [3.8, 4) is 0 Å². The third kappa shape index (κ3) is 5.46. The molecule has 0 fully saturated rings. The molecule has 0 aromatic heterocycles. The highest BCUT2D eigenvalue weighted by molar-refractivity contribution is 5.81. The van der Waals surface area contributed by atoms with Gasteiger partial charge < -0.3 is 11.1 Å². The molecule has 0 rings (SSSR count). The molecule has 0 heterocycles. The quantitative estimate of drug-likeness (QED) is 0.665. The van der Waals surface area contributed by atoms with Crippen molar-refractivity contribution in [3.05, 3.63) is 0 Å². The van der Waals surface area contributed by atoms with E-state index in [2.05, 4.69) is 0 Å². The first-order valence-electron chi connectivity index (χ1n) is 4.01. The van der Waals surface area contributed by atoms with Crippen LogP contribution in [0, 0.1) is 0 Å². The van der Waals surface area contributed by atoms with E-state index in [1.54, 1.807) is 5.32 Å². The van der Waals surface area contributed by atoms with Crippen LogP contribution < -0.4 is 11.1 Å². The molecule has 3 nitrogen and oxygen atoms in total. The van der Waals surface area contributed by atoms with E-state index >= 15 is 0 Å². The van der Waals surface area contributed by atoms with Crippen molar-refractivity contribution in [2.24, 2.45) is 5.73 Å². The lowest BCUT2D eigenvalue weighted by Crippen LogP contribution is -2.47. The van der Waals surface area contributed by atoms with Gasteiger partial charge >= 0.3 is 12.1 Å². The number of halogens is 3. The average Bonchev–Trinajstić information content (AvgIpc) is 1.99. The Hall–Kier alpha value is -0.780. The number of alkyl halides is 3. The third-order valence-corrected chi connectivity index (χ3v) is 1.44. The molecule has 6 heteroatoms. The van der Waals surface area contributed by atoms with Crippen LogP contribution in [0.4, 0.5) is 13.2 Å². The molecule has 0 bridgehead atoms. The van der Waals surface area contributed by atoms with Crippen LogP contribution in [-0.4, -0.2) is 18.2 Å². The summed E-state index contributed by atoms with van der Waals surface area (Å²) in [6, 6.07) is 0. The molecule has 0 saturated carbocycles. The van der Waals surface area contributed by atoms with E-state index in [-0.39, 0.29) is 0 Å². The number of hydrogen-bond donors (Lipinski definition) is 2. The van der Waals surface area contributed by atoms with Gasteiger partial charge in [0, 0.05) is 0 Å². The molecule has 0 aliphatic carbocycles.